The molecule has 112 valence electrons. The second-order valence-electron chi connectivity index (χ2n) is 5.66. The van der Waals surface area contributed by atoms with Crippen LogP contribution in [0.1, 0.15) is 46.5 Å². The van der Waals surface area contributed by atoms with E-state index in [1.54, 1.807) is 0 Å². The summed E-state index contributed by atoms with van der Waals surface area (Å²) in [5.41, 5.74) is 0. The van der Waals surface area contributed by atoms with Crippen LogP contribution in [0.2, 0.25) is 0 Å². The van der Waals surface area contributed by atoms with Gasteiger partial charge < -0.3 is 10.6 Å². The summed E-state index contributed by atoms with van der Waals surface area (Å²) in [6, 6.07) is 0.602. The first-order valence-corrected chi connectivity index (χ1v) is 7.89. The second-order valence-corrected chi connectivity index (χ2v) is 5.66. The lowest BCUT2D eigenvalue weighted by Gasteiger charge is -2.34. The van der Waals surface area contributed by atoms with Crippen molar-refractivity contribution in [1.82, 2.24) is 15.5 Å². The number of hydrogen-bond acceptors (Lipinski definition) is 3. The van der Waals surface area contributed by atoms with Gasteiger partial charge in [0.2, 0.25) is 5.91 Å². The molecule has 1 atom stereocenters. The maximum absolute atomic E-state index is 11.7. The standard InChI is InChI=1S/C15H31N3O/c1-4-6-9-17-15(19)12-18-10-7-14(8-11-18)13(3)16-5-2/h13-14,16H,4-12H2,1-3H3,(H,17,19). The van der Waals surface area contributed by atoms with Crippen molar-refractivity contribution in [3.63, 3.8) is 0 Å². The molecule has 1 amide bonds. The number of unbranched alkanes of at least 4 members (excludes halogenated alkanes) is 1. The quantitative estimate of drug-likeness (QED) is 0.658. The van der Waals surface area contributed by atoms with E-state index in [0.717, 1.165) is 44.9 Å². The Labute approximate surface area is 118 Å². The molecule has 1 unspecified atom stereocenters. The van der Waals surface area contributed by atoms with Crippen LogP contribution in [-0.2, 0) is 4.79 Å². The number of nitrogens with zero attached hydrogens (tertiary/aromatic N) is 1. The maximum atomic E-state index is 11.7. The van der Waals surface area contributed by atoms with Crippen molar-refractivity contribution in [2.45, 2.75) is 52.5 Å². The number of hydrogen-bond donors (Lipinski definition) is 2. The van der Waals surface area contributed by atoms with Crippen LogP contribution in [0, 0.1) is 5.92 Å². The number of carbonyl (C=O) groups excluding carboxylic acids is 1. The molecule has 4 heteroatoms. The van der Waals surface area contributed by atoms with Gasteiger partial charge in [-0.15, -0.1) is 0 Å². The number of nitrogens with one attached hydrogen (secondary N) is 2. The zero-order valence-electron chi connectivity index (χ0n) is 12.9. The highest BCUT2D eigenvalue weighted by Gasteiger charge is 2.24. The summed E-state index contributed by atoms with van der Waals surface area (Å²) in [7, 11) is 0. The number of piperidine rings is 1. The molecular weight excluding hydrogens is 238 g/mol. The Hall–Kier alpha value is -0.610. The van der Waals surface area contributed by atoms with Gasteiger partial charge in [0.1, 0.15) is 0 Å². The molecule has 2 N–H and O–H groups in total. The van der Waals surface area contributed by atoms with Crippen LogP contribution in [0.4, 0.5) is 0 Å². The molecule has 0 bridgehead atoms. The fourth-order valence-corrected chi connectivity index (χ4v) is 2.76. The minimum absolute atomic E-state index is 0.187. The van der Waals surface area contributed by atoms with E-state index in [4.69, 9.17) is 0 Å². The van der Waals surface area contributed by atoms with Crippen LogP contribution >= 0.6 is 0 Å². The summed E-state index contributed by atoms with van der Waals surface area (Å²) in [5.74, 6) is 0.950. The third kappa shape index (κ3) is 6.39. The number of amides is 1. The topological polar surface area (TPSA) is 44.4 Å². The Kier molecular flexibility index (Phi) is 8.07. The molecule has 0 aliphatic carbocycles. The first kappa shape index (κ1) is 16.4. The first-order valence-electron chi connectivity index (χ1n) is 7.89. The van der Waals surface area contributed by atoms with Gasteiger partial charge in [-0.3, -0.25) is 9.69 Å². The maximum Gasteiger partial charge on any atom is 0.234 e. The lowest BCUT2D eigenvalue weighted by Crippen LogP contribution is -2.45. The predicted molar refractivity (Wildman–Crippen MR) is 80.2 cm³/mol. The van der Waals surface area contributed by atoms with Crippen molar-refractivity contribution in [2.24, 2.45) is 5.92 Å². The summed E-state index contributed by atoms with van der Waals surface area (Å²) in [6.07, 6.45) is 4.62. The Morgan fingerprint density at radius 1 is 1.32 bits per heavy atom. The van der Waals surface area contributed by atoms with Gasteiger partial charge in [0.05, 0.1) is 6.54 Å². The van der Waals surface area contributed by atoms with Gasteiger partial charge in [-0.25, -0.2) is 0 Å². The number of rotatable bonds is 8. The normalized spacial score (nSPS) is 19.3. The van der Waals surface area contributed by atoms with Crippen molar-refractivity contribution in [3.8, 4) is 0 Å². The molecular formula is C15H31N3O. The van der Waals surface area contributed by atoms with Gasteiger partial charge in [-0.2, -0.15) is 0 Å². The van der Waals surface area contributed by atoms with Gasteiger partial charge in [0.25, 0.3) is 0 Å². The Morgan fingerprint density at radius 3 is 2.58 bits per heavy atom. The molecule has 4 nitrogen and oxygen atoms in total. The fourth-order valence-electron chi connectivity index (χ4n) is 2.76. The van der Waals surface area contributed by atoms with Gasteiger partial charge in [-0.1, -0.05) is 20.3 Å². The third-order valence-corrected chi connectivity index (χ3v) is 4.09. The first-order chi connectivity index (χ1) is 9.17. The molecule has 1 rings (SSSR count). The van der Waals surface area contributed by atoms with E-state index in [9.17, 15) is 4.79 Å². The summed E-state index contributed by atoms with van der Waals surface area (Å²) in [5, 5.41) is 6.50. The molecule has 1 aliphatic rings. The van der Waals surface area contributed by atoms with Crippen molar-refractivity contribution in [2.75, 3.05) is 32.7 Å². The average molecular weight is 269 g/mol. The number of carbonyl (C=O) groups is 1. The van der Waals surface area contributed by atoms with Crippen LogP contribution in [-0.4, -0.2) is 49.6 Å². The highest BCUT2D eigenvalue weighted by molar-refractivity contribution is 5.77. The summed E-state index contributed by atoms with van der Waals surface area (Å²) >= 11 is 0. The van der Waals surface area contributed by atoms with E-state index < -0.39 is 0 Å². The highest BCUT2D eigenvalue weighted by atomic mass is 16.2. The van der Waals surface area contributed by atoms with Crippen molar-refractivity contribution < 1.29 is 4.79 Å². The molecule has 0 aromatic carbocycles. The Morgan fingerprint density at radius 2 is 2.00 bits per heavy atom. The van der Waals surface area contributed by atoms with Crippen LogP contribution in [0.15, 0.2) is 0 Å². The summed E-state index contributed by atoms with van der Waals surface area (Å²) in [4.78, 5) is 14.0. The highest BCUT2D eigenvalue weighted by Crippen LogP contribution is 2.20. The minimum atomic E-state index is 0.187. The Bertz CT molecular complexity index is 250. The lowest BCUT2D eigenvalue weighted by molar-refractivity contribution is -0.122. The van der Waals surface area contributed by atoms with E-state index in [1.807, 2.05) is 0 Å². The average Bonchev–Trinajstić information content (AvgIpc) is 2.40. The third-order valence-electron chi connectivity index (χ3n) is 4.09. The van der Waals surface area contributed by atoms with Crippen molar-refractivity contribution in [1.29, 1.82) is 0 Å². The van der Waals surface area contributed by atoms with Crippen LogP contribution in [0.3, 0.4) is 0 Å². The van der Waals surface area contributed by atoms with E-state index >= 15 is 0 Å². The summed E-state index contributed by atoms with van der Waals surface area (Å²) < 4.78 is 0. The SMILES string of the molecule is CCCCNC(=O)CN1CCC(C(C)NCC)CC1. The summed E-state index contributed by atoms with van der Waals surface area (Å²) in [6.45, 7) is 11.1. The second kappa shape index (κ2) is 9.32. The molecule has 0 saturated carbocycles. The molecule has 1 saturated heterocycles. The van der Waals surface area contributed by atoms with Gasteiger partial charge in [-0.05, 0) is 51.7 Å². The molecule has 0 aromatic rings. The van der Waals surface area contributed by atoms with Gasteiger partial charge in [0, 0.05) is 12.6 Å². The predicted octanol–water partition coefficient (Wildman–Crippen LogP) is 1.61. The minimum Gasteiger partial charge on any atom is -0.355 e. The molecule has 0 radical (unpaired) electrons. The number of likely N-dealkylation sites (tertiary alicyclic amines) is 1. The molecule has 0 aromatic heterocycles. The van der Waals surface area contributed by atoms with Gasteiger partial charge >= 0.3 is 0 Å². The van der Waals surface area contributed by atoms with E-state index in [2.05, 4.69) is 36.3 Å². The van der Waals surface area contributed by atoms with Crippen LogP contribution in [0.25, 0.3) is 0 Å². The monoisotopic (exact) mass is 269 g/mol. The Balaban J connectivity index is 2.17. The van der Waals surface area contributed by atoms with E-state index in [-0.39, 0.29) is 5.91 Å². The van der Waals surface area contributed by atoms with Crippen molar-refractivity contribution in [3.05, 3.63) is 0 Å². The lowest BCUT2D eigenvalue weighted by atomic mass is 9.90. The molecule has 19 heavy (non-hydrogen) atoms. The smallest absolute Gasteiger partial charge is 0.234 e. The van der Waals surface area contributed by atoms with Crippen LogP contribution in [0.5, 0.6) is 0 Å². The fraction of sp³-hybridized carbons (Fsp3) is 0.933. The largest absolute Gasteiger partial charge is 0.355 e. The molecule has 0 spiro atoms. The zero-order valence-corrected chi connectivity index (χ0v) is 12.9. The zero-order chi connectivity index (χ0) is 14.1. The van der Waals surface area contributed by atoms with Gasteiger partial charge in [0.15, 0.2) is 0 Å². The molecule has 1 fully saturated rings. The molecule has 1 heterocycles. The van der Waals surface area contributed by atoms with E-state index in [1.165, 1.54) is 12.8 Å². The van der Waals surface area contributed by atoms with E-state index in [0.29, 0.717) is 12.6 Å². The van der Waals surface area contributed by atoms with Crippen molar-refractivity contribution >= 4 is 5.91 Å². The van der Waals surface area contributed by atoms with Crippen LogP contribution < -0.4 is 10.6 Å². The molecule has 1 aliphatic heterocycles.